The Balaban J connectivity index is 1.54. The minimum Gasteiger partial charge on any atom is -0.497 e. The van der Waals surface area contributed by atoms with Crippen LogP contribution in [0.4, 0.5) is 15.8 Å². The maximum absolute atomic E-state index is 13.7. The quantitative estimate of drug-likeness (QED) is 0.719. The molecule has 1 N–H and O–H groups in total. The molecule has 0 aliphatic carbocycles. The first-order chi connectivity index (χ1) is 12.6. The lowest BCUT2D eigenvalue weighted by atomic mass is 10.1. The SMILES string of the molecule is COc1cccc(N2CCC(Nc3ccnc4cc(F)c(Cl)cc34)C2)c1. The third-order valence-electron chi connectivity index (χ3n) is 4.75. The molecule has 0 spiro atoms. The number of halogens is 2. The molecule has 2 aromatic carbocycles. The normalized spacial score (nSPS) is 16.9. The molecular weight excluding hydrogens is 353 g/mol. The number of methoxy groups -OCH3 is 1. The number of hydrogen-bond acceptors (Lipinski definition) is 4. The van der Waals surface area contributed by atoms with E-state index in [1.807, 2.05) is 24.3 Å². The van der Waals surface area contributed by atoms with E-state index in [0.29, 0.717) is 5.52 Å². The molecule has 2 heterocycles. The molecule has 1 atom stereocenters. The van der Waals surface area contributed by atoms with Crippen molar-refractivity contribution in [1.29, 1.82) is 0 Å². The number of benzene rings is 2. The van der Waals surface area contributed by atoms with Crippen molar-refractivity contribution >= 4 is 33.9 Å². The van der Waals surface area contributed by atoms with Crippen LogP contribution < -0.4 is 15.0 Å². The Morgan fingerprint density at radius 1 is 1.27 bits per heavy atom. The monoisotopic (exact) mass is 371 g/mol. The van der Waals surface area contributed by atoms with E-state index < -0.39 is 5.82 Å². The van der Waals surface area contributed by atoms with Crippen molar-refractivity contribution in [3.8, 4) is 5.75 Å². The number of aromatic nitrogens is 1. The maximum atomic E-state index is 13.7. The van der Waals surface area contributed by atoms with Crippen LogP contribution in [-0.4, -0.2) is 31.2 Å². The maximum Gasteiger partial charge on any atom is 0.143 e. The van der Waals surface area contributed by atoms with Gasteiger partial charge < -0.3 is 15.0 Å². The van der Waals surface area contributed by atoms with Crippen molar-refractivity contribution in [1.82, 2.24) is 4.98 Å². The summed E-state index contributed by atoms with van der Waals surface area (Å²) >= 11 is 5.96. The number of fused-ring (bicyclic) bond motifs is 1. The molecule has 1 unspecified atom stereocenters. The van der Waals surface area contributed by atoms with Crippen LogP contribution >= 0.6 is 11.6 Å². The zero-order valence-electron chi connectivity index (χ0n) is 14.4. The first kappa shape index (κ1) is 16.9. The Morgan fingerprint density at radius 2 is 2.15 bits per heavy atom. The summed E-state index contributed by atoms with van der Waals surface area (Å²) in [5, 5.41) is 4.51. The molecule has 6 heteroatoms. The molecule has 1 aliphatic heterocycles. The van der Waals surface area contributed by atoms with Gasteiger partial charge in [-0.3, -0.25) is 4.98 Å². The molecule has 0 radical (unpaired) electrons. The smallest absolute Gasteiger partial charge is 0.143 e. The summed E-state index contributed by atoms with van der Waals surface area (Å²) in [4.78, 5) is 6.57. The van der Waals surface area contributed by atoms with E-state index in [0.717, 1.165) is 42.0 Å². The van der Waals surface area contributed by atoms with Gasteiger partial charge in [-0.25, -0.2) is 4.39 Å². The first-order valence-electron chi connectivity index (χ1n) is 8.53. The minimum atomic E-state index is -0.450. The first-order valence-corrected chi connectivity index (χ1v) is 8.91. The molecule has 0 bridgehead atoms. The summed E-state index contributed by atoms with van der Waals surface area (Å²) in [5.41, 5.74) is 2.67. The van der Waals surface area contributed by atoms with Gasteiger partial charge in [0.15, 0.2) is 0 Å². The Kier molecular flexibility index (Phi) is 4.55. The number of anilines is 2. The van der Waals surface area contributed by atoms with Gasteiger partial charge in [0, 0.05) is 54.2 Å². The molecule has 4 nitrogen and oxygen atoms in total. The fraction of sp³-hybridized carbons (Fsp3) is 0.250. The van der Waals surface area contributed by atoms with Crippen LogP contribution in [0.15, 0.2) is 48.7 Å². The van der Waals surface area contributed by atoms with E-state index in [1.165, 1.54) is 6.07 Å². The van der Waals surface area contributed by atoms with Crippen molar-refractivity contribution < 1.29 is 9.13 Å². The molecule has 4 rings (SSSR count). The van der Waals surface area contributed by atoms with Gasteiger partial charge in [-0.05, 0) is 30.7 Å². The molecule has 0 saturated carbocycles. The second-order valence-corrected chi connectivity index (χ2v) is 6.83. The average Bonchev–Trinajstić information content (AvgIpc) is 3.12. The minimum absolute atomic E-state index is 0.109. The Morgan fingerprint density at radius 3 is 3.00 bits per heavy atom. The van der Waals surface area contributed by atoms with Gasteiger partial charge in [0.2, 0.25) is 0 Å². The number of pyridine rings is 1. The van der Waals surface area contributed by atoms with E-state index in [4.69, 9.17) is 16.3 Å². The summed E-state index contributed by atoms with van der Waals surface area (Å²) < 4.78 is 19.0. The highest BCUT2D eigenvalue weighted by Gasteiger charge is 2.23. The lowest BCUT2D eigenvalue weighted by molar-refractivity contribution is 0.415. The molecule has 134 valence electrons. The zero-order valence-corrected chi connectivity index (χ0v) is 15.1. The standard InChI is InChI=1S/C20H19ClFN3O/c1-26-15-4-2-3-14(9-15)25-8-6-13(12-25)24-19-5-7-23-20-11-18(22)17(21)10-16(19)20/h2-5,7,9-11,13H,6,8,12H2,1H3,(H,23,24). The van der Waals surface area contributed by atoms with Crippen molar-refractivity contribution in [2.45, 2.75) is 12.5 Å². The van der Waals surface area contributed by atoms with Crippen LogP contribution in [0, 0.1) is 5.82 Å². The van der Waals surface area contributed by atoms with E-state index in [1.54, 1.807) is 19.4 Å². The fourth-order valence-electron chi connectivity index (χ4n) is 3.41. The topological polar surface area (TPSA) is 37.4 Å². The van der Waals surface area contributed by atoms with Gasteiger partial charge in [-0.15, -0.1) is 0 Å². The summed E-state index contributed by atoms with van der Waals surface area (Å²) in [5.74, 6) is 0.407. The predicted octanol–water partition coefficient (Wildman–Crippen LogP) is 4.73. The highest BCUT2D eigenvalue weighted by atomic mass is 35.5. The number of rotatable bonds is 4. The van der Waals surface area contributed by atoms with Crippen molar-refractivity contribution in [3.63, 3.8) is 0 Å². The summed E-state index contributed by atoms with van der Waals surface area (Å²) in [6, 6.07) is 13.3. The number of hydrogen-bond donors (Lipinski definition) is 1. The van der Waals surface area contributed by atoms with Gasteiger partial charge in [0.05, 0.1) is 17.6 Å². The number of nitrogens with zero attached hydrogens (tertiary/aromatic N) is 2. The number of ether oxygens (including phenoxy) is 1. The highest BCUT2D eigenvalue weighted by Crippen LogP contribution is 2.30. The van der Waals surface area contributed by atoms with E-state index in [9.17, 15) is 4.39 Å². The lowest BCUT2D eigenvalue weighted by Gasteiger charge is -2.20. The van der Waals surface area contributed by atoms with Crippen LogP contribution in [0.1, 0.15) is 6.42 Å². The van der Waals surface area contributed by atoms with Gasteiger partial charge in [-0.2, -0.15) is 0 Å². The van der Waals surface area contributed by atoms with Crippen LogP contribution in [0.3, 0.4) is 0 Å². The summed E-state index contributed by atoms with van der Waals surface area (Å²) in [6.07, 6.45) is 2.70. The van der Waals surface area contributed by atoms with E-state index in [-0.39, 0.29) is 11.1 Å². The highest BCUT2D eigenvalue weighted by molar-refractivity contribution is 6.31. The second kappa shape index (κ2) is 7.00. The number of nitrogens with one attached hydrogen (secondary N) is 1. The molecule has 1 aliphatic rings. The van der Waals surface area contributed by atoms with Gasteiger partial charge in [0.25, 0.3) is 0 Å². The Bertz CT molecular complexity index is 949. The zero-order chi connectivity index (χ0) is 18.1. The molecule has 1 aromatic heterocycles. The van der Waals surface area contributed by atoms with E-state index >= 15 is 0 Å². The summed E-state index contributed by atoms with van der Waals surface area (Å²) in [6.45, 7) is 1.84. The predicted molar refractivity (Wildman–Crippen MR) is 104 cm³/mol. The van der Waals surface area contributed by atoms with E-state index in [2.05, 4.69) is 21.3 Å². The third-order valence-corrected chi connectivity index (χ3v) is 5.04. The molecule has 1 fully saturated rings. The Hall–Kier alpha value is -2.53. The van der Waals surface area contributed by atoms with Crippen LogP contribution in [0.5, 0.6) is 5.75 Å². The van der Waals surface area contributed by atoms with Crippen LogP contribution in [0.2, 0.25) is 5.02 Å². The van der Waals surface area contributed by atoms with Gasteiger partial charge in [-0.1, -0.05) is 17.7 Å². The average molecular weight is 372 g/mol. The summed E-state index contributed by atoms with van der Waals surface area (Å²) in [7, 11) is 1.68. The van der Waals surface area contributed by atoms with Crippen molar-refractivity contribution in [2.24, 2.45) is 0 Å². The van der Waals surface area contributed by atoms with Gasteiger partial charge >= 0.3 is 0 Å². The fourth-order valence-corrected chi connectivity index (χ4v) is 3.57. The molecule has 26 heavy (non-hydrogen) atoms. The molecule has 0 amide bonds. The Labute approximate surface area is 156 Å². The van der Waals surface area contributed by atoms with Crippen molar-refractivity contribution in [2.75, 3.05) is 30.4 Å². The van der Waals surface area contributed by atoms with Crippen molar-refractivity contribution in [3.05, 3.63) is 59.5 Å². The third kappa shape index (κ3) is 3.27. The van der Waals surface area contributed by atoms with Crippen LogP contribution in [-0.2, 0) is 0 Å². The molecule has 3 aromatic rings. The van der Waals surface area contributed by atoms with Crippen LogP contribution in [0.25, 0.3) is 10.9 Å². The molecular formula is C20H19ClFN3O. The largest absolute Gasteiger partial charge is 0.497 e. The second-order valence-electron chi connectivity index (χ2n) is 6.42. The van der Waals surface area contributed by atoms with Gasteiger partial charge in [0.1, 0.15) is 11.6 Å². The molecule has 1 saturated heterocycles. The lowest BCUT2D eigenvalue weighted by Crippen LogP contribution is -2.26.